The highest BCUT2D eigenvalue weighted by Gasteiger charge is 2.18. The van der Waals surface area contributed by atoms with Gasteiger partial charge in [0.05, 0.1) is 0 Å². The lowest BCUT2D eigenvalue weighted by atomic mass is 9.92. The van der Waals surface area contributed by atoms with Crippen molar-refractivity contribution in [1.82, 2.24) is 10.2 Å². The molecule has 0 saturated carbocycles. The Kier molecular flexibility index (Phi) is 9.12. The second-order valence-corrected chi connectivity index (χ2v) is 4.90. The zero-order valence-corrected chi connectivity index (χ0v) is 11.3. The molecule has 92 valence electrons. The fourth-order valence-corrected chi connectivity index (χ4v) is 2.26. The van der Waals surface area contributed by atoms with Crippen molar-refractivity contribution in [2.45, 2.75) is 52.0 Å². The van der Waals surface area contributed by atoms with Gasteiger partial charge >= 0.3 is 0 Å². The number of nitrogens with zero attached hydrogens (tertiary/aromatic N) is 1. The van der Waals surface area contributed by atoms with Gasteiger partial charge in [-0.3, -0.25) is 0 Å². The van der Waals surface area contributed by atoms with Crippen LogP contribution in [0.3, 0.4) is 0 Å². The van der Waals surface area contributed by atoms with Gasteiger partial charge in [-0.25, -0.2) is 0 Å². The molecule has 0 amide bonds. The Morgan fingerprint density at radius 1 is 1.13 bits per heavy atom. The van der Waals surface area contributed by atoms with E-state index in [1.807, 2.05) is 7.05 Å². The van der Waals surface area contributed by atoms with Crippen LogP contribution in [0.1, 0.15) is 46.0 Å². The molecular weight excluding hydrogens is 184 g/mol. The van der Waals surface area contributed by atoms with Gasteiger partial charge in [0.25, 0.3) is 0 Å². The van der Waals surface area contributed by atoms with Crippen molar-refractivity contribution >= 4 is 0 Å². The van der Waals surface area contributed by atoms with Gasteiger partial charge in [0.15, 0.2) is 0 Å². The Bertz CT molecular complexity index is 134. The monoisotopic (exact) mass is 214 g/mol. The summed E-state index contributed by atoms with van der Waals surface area (Å²) in [7, 11) is 6.47. The average Bonchev–Trinajstić information content (AvgIpc) is 2.18. The molecule has 2 atom stereocenters. The first-order chi connectivity index (χ1) is 7.13. The highest BCUT2D eigenvalue weighted by atomic mass is 15.1. The van der Waals surface area contributed by atoms with Gasteiger partial charge in [0.1, 0.15) is 0 Å². The third-order valence-electron chi connectivity index (χ3n) is 3.26. The number of unbranched alkanes of at least 4 members (excludes halogenated alkanes) is 1. The first-order valence-corrected chi connectivity index (χ1v) is 6.44. The molecular formula is C13H30N2. The van der Waals surface area contributed by atoms with Crippen LogP contribution in [0.4, 0.5) is 0 Å². The maximum atomic E-state index is 3.22. The largest absolute Gasteiger partial charge is 0.320 e. The molecule has 0 aliphatic heterocycles. The Morgan fingerprint density at radius 2 is 1.80 bits per heavy atom. The molecule has 0 aromatic rings. The highest BCUT2D eigenvalue weighted by molar-refractivity contribution is 4.73. The molecule has 0 aromatic heterocycles. The van der Waals surface area contributed by atoms with Crippen LogP contribution in [0.5, 0.6) is 0 Å². The van der Waals surface area contributed by atoms with Crippen molar-refractivity contribution in [1.29, 1.82) is 0 Å². The zero-order valence-electron chi connectivity index (χ0n) is 11.3. The molecule has 0 aromatic carbocycles. The van der Waals surface area contributed by atoms with E-state index in [9.17, 15) is 0 Å². The molecule has 0 spiro atoms. The minimum atomic E-state index is 0.766. The van der Waals surface area contributed by atoms with Gasteiger partial charge in [0, 0.05) is 6.04 Å². The van der Waals surface area contributed by atoms with Crippen molar-refractivity contribution in [2.24, 2.45) is 5.92 Å². The fraction of sp³-hybridized carbons (Fsp3) is 1.00. The van der Waals surface area contributed by atoms with E-state index in [1.165, 1.54) is 32.1 Å². The van der Waals surface area contributed by atoms with Gasteiger partial charge in [-0.05, 0) is 52.9 Å². The summed E-state index contributed by atoms with van der Waals surface area (Å²) in [6.45, 7) is 5.83. The van der Waals surface area contributed by atoms with Crippen molar-refractivity contribution in [3.63, 3.8) is 0 Å². The summed E-state index contributed by atoms with van der Waals surface area (Å²) in [5.74, 6) is 0.819. The molecule has 2 nitrogen and oxygen atoms in total. The molecule has 0 bridgehead atoms. The summed E-state index contributed by atoms with van der Waals surface area (Å²) >= 11 is 0. The van der Waals surface area contributed by atoms with E-state index in [1.54, 1.807) is 0 Å². The minimum absolute atomic E-state index is 0.766. The number of nitrogens with one attached hydrogen (secondary N) is 1. The Balaban J connectivity index is 3.87. The van der Waals surface area contributed by atoms with Crippen LogP contribution in [-0.4, -0.2) is 38.6 Å². The van der Waals surface area contributed by atoms with Crippen LogP contribution >= 0.6 is 0 Å². The van der Waals surface area contributed by atoms with E-state index < -0.39 is 0 Å². The van der Waals surface area contributed by atoms with E-state index in [0.717, 1.165) is 18.5 Å². The molecule has 0 rings (SSSR count). The molecule has 2 unspecified atom stereocenters. The van der Waals surface area contributed by atoms with E-state index in [0.29, 0.717) is 0 Å². The zero-order chi connectivity index (χ0) is 11.7. The molecule has 0 saturated heterocycles. The predicted octanol–water partition coefficient (Wildman–Crippen LogP) is 2.74. The summed E-state index contributed by atoms with van der Waals surface area (Å²) in [5.41, 5.74) is 0. The van der Waals surface area contributed by atoms with E-state index in [2.05, 4.69) is 38.2 Å². The number of hydrogen-bond donors (Lipinski definition) is 1. The normalized spacial score (nSPS) is 15.6. The third kappa shape index (κ3) is 6.91. The molecule has 0 radical (unpaired) electrons. The Labute approximate surface area is 96.4 Å². The lowest BCUT2D eigenvalue weighted by Crippen LogP contribution is -2.34. The van der Waals surface area contributed by atoms with Crippen molar-refractivity contribution in [2.75, 3.05) is 27.7 Å². The standard InChI is InChI=1S/C13H30N2/c1-6-7-10-13(15(4)5)12(2)9-8-11-14-3/h12-14H,6-11H2,1-5H3. The fourth-order valence-electron chi connectivity index (χ4n) is 2.26. The van der Waals surface area contributed by atoms with Crippen molar-refractivity contribution < 1.29 is 0 Å². The van der Waals surface area contributed by atoms with Crippen LogP contribution in [-0.2, 0) is 0 Å². The first-order valence-electron chi connectivity index (χ1n) is 6.44. The second-order valence-electron chi connectivity index (χ2n) is 4.90. The molecule has 2 heteroatoms. The van der Waals surface area contributed by atoms with Crippen molar-refractivity contribution in [3.8, 4) is 0 Å². The smallest absolute Gasteiger partial charge is 0.0115 e. The first kappa shape index (κ1) is 14.9. The summed E-state index contributed by atoms with van der Waals surface area (Å²) in [4.78, 5) is 2.40. The maximum Gasteiger partial charge on any atom is 0.0115 e. The Morgan fingerprint density at radius 3 is 2.27 bits per heavy atom. The number of rotatable bonds is 9. The second kappa shape index (κ2) is 9.17. The average molecular weight is 214 g/mol. The third-order valence-corrected chi connectivity index (χ3v) is 3.26. The molecule has 0 fully saturated rings. The topological polar surface area (TPSA) is 15.3 Å². The van der Waals surface area contributed by atoms with E-state index in [-0.39, 0.29) is 0 Å². The molecule has 0 heterocycles. The van der Waals surface area contributed by atoms with Gasteiger partial charge in [-0.1, -0.05) is 26.7 Å². The van der Waals surface area contributed by atoms with Crippen LogP contribution in [0.2, 0.25) is 0 Å². The van der Waals surface area contributed by atoms with E-state index in [4.69, 9.17) is 0 Å². The van der Waals surface area contributed by atoms with Gasteiger partial charge in [0.2, 0.25) is 0 Å². The summed E-state index contributed by atoms with van der Waals surface area (Å²) < 4.78 is 0. The quantitative estimate of drug-likeness (QED) is 0.594. The minimum Gasteiger partial charge on any atom is -0.320 e. The van der Waals surface area contributed by atoms with Crippen molar-refractivity contribution in [3.05, 3.63) is 0 Å². The van der Waals surface area contributed by atoms with Crippen LogP contribution in [0.15, 0.2) is 0 Å². The highest BCUT2D eigenvalue weighted by Crippen LogP contribution is 2.19. The lowest BCUT2D eigenvalue weighted by molar-refractivity contribution is 0.194. The van der Waals surface area contributed by atoms with Gasteiger partial charge in [-0.2, -0.15) is 0 Å². The Hall–Kier alpha value is -0.0800. The maximum absolute atomic E-state index is 3.22. The molecule has 15 heavy (non-hydrogen) atoms. The summed E-state index contributed by atoms with van der Waals surface area (Å²) in [5, 5.41) is 3.22. The van der Waals surface area contributed by atoms with E-state index >= 15 is 0 Å². The van der Waals surface area contributed by atoms with Crippen LogP contribution in [0.25, 0.3) is 0 Å². The van der Waals surface area contributed by atoms with Gasteiger partial charge < -0.3 is 10.2 Å². The van der Waals surface area contributed by atoms with Crippen LogP contribution < -0.4 is 5.32 Å². The summed E-state index contributed by atoms with van der Waals surface area (Å²) in [6, 6.07) is 0.766. The van der Waals surface area contributed by atoms with Gasteiger partial charge in [-0.15, -0.1) is 0 Å². The molecule has 0 aliphatic rings. The number of hydrogen-bond acceptors (Lipinski definition) is 2. The predicted molar refractivity (Wildman–Crippen MR) is 69.3 cm³/mol. The summed E-state index contributed by atoms with van der Waals surface area (Å²) in [6.07, 6.45) is 6.67. The lowest BCUT2D eigenvalue weighted by Gasteiger charge is -2.30. The molecule has 0 aliphatic carbocycles. The SMILES string of the molecule is CCCCC(C(C)CCCNC)N(C)C. The van der Waals surface area contributed by atoms with Crippen LogP contribution in [0, 0.1) is 5.92 Å². The molecule has 1 N–H and O–H groups in total.